The first-order valence-electron chi connectivity index (χ1n) is 11.6. The van der Waals surface area contributed by atoms with E-state index in [0.29, 0.717) is 28.8 Å². The molecule has 2 amide bonds. The van der Waals surface area contributed by atoms with Crippen LogP contribution in [0.2, 0.25) is 5.02 Å². The molecule has 34 heavy (non-hydrogen) atoms. The van der Waals surface area contributed by atoms with Crippen LogP contribution in [0.25, 0.3) is 0 Å². The van der Waals surface area contributed by atoms with Gasteiger partial charge in [-0.2, -0.15) is 0 Å². The molecule has 4 rings (SSSR count). The number of thiophene rings is 1. The van der Waals surface area contributed by atoms with Gasteiger partial charge < -0.3 is 10.6 Å². The number of halogens is 3. The number of aromatic nitrogens is 1. The van der Waals surface area contributed by atoms with Crippen LogP contribution >= 0.6 is 22.9 Å². The van der Waals surface area contributed by atoms with Gasteiger partial charge in [0.1, 0.15) is 6.04 Å². The van der Waals surface area contributed by atoms with Crippen molar-refractivity contribution in [2.24, 2.45) is 5.92 Å². The van der Waals surface area contributed by atoms with E-state index in [9.17, 15) is 18.4 Å². The van der Waals surface area contributed by atoms with Crippen LogP contribution in [0.1, 0.15) is 62.1 Å². The number of amides is 2. The highest BCUT2D eigenvalue weighted by atomic mass is 35.5. The number of alkyl halides is 2. The molecular formula is C24H29ClF2N4O2S. The number of pyridine rings is 1. The van der Waals surface area contributed by atoms with Gasteiger partial charge >= 0.3 is 0 Å². The summed E-state index contributed by atoms with van der Waals surface area (Å²) in [6, 6.07) is 3.46. The molecule has 0 radical (unpaired) electrons. The van der Waals surface area contributed by atoms with E-state index in [2.05, 4.69) is 15.6 Å². The Morgan fingerprint density at radius 3 is 2.74 bits per heavy atom. The van der Waals surface area contributed by atoms with Crippen molar-refractivity contribution in [1.82, 2.24) is 10.3 Å². The summed E-state index contributed by atoms with van der Waals surface area (Å²) < 4.78 is 26.9. The third-order valence-electron chi connectivity index (χ3n) is 6.65. The van der Waals surface area contributed by atoms with Crippen LogP contribution in [0.4, 0.5) is 19.5 Å². The van der Waals surface area contributed by atoms with E-state index in [1.54, 1.807) is 12.3 Å². The molecule has 0 unspecified atom stereocenters. The molecule has 2 heterocycles. The summed E-state index contributed by atoms with van der Waals surface area (Å²) in [5.74, 6) is -3.07. The van der Waals surface area contributed by atoms with E-state index in [1.165, 1.54) is 16.2 Å². The largest absolute Gasteiger partial charge is 0.376 e. The maximum absolute atomic E-state index is 13.4. The molecule has 0 aliphatic heterocycles. The van der Waals surface area contributed by atoms with Gasteiger partial charge in [-0.3, -0.25) is 19.5 Å². The molecule has 2 aromatic heterocycles. The van der Waals surface area contributed by atoms with E-state index in [-0.39, 0.29) is 12.5 Å². The van der Waals surface area contributed by atoms with Crippen molar-refractivity contribution in [3.05, 3.63) is 40.0 Å². The average Bonchev–Trinajstić information content (AvgIpc) is 3.22. The highest BCUT2D eigenvalue weighted by Gasteiger charge is 2.58. The lowest BCUT2D eigenvalue weighted by Crippen LogP contribution is -2.48. The van der Waals surface area contributed by atoms with E-state index in [0.717, 1.165) is 41.9 Å². The summed E-state index contributed by atoms with van der Waals surface area (Å²) in [7, 11) is 0. The number of carbonyl (C=O) groups is 2. The lowest BCUT2D eigenvalue weighted by molar-refractivity contribution is -0.125. The van der Waals surface area contributed by atoms with Crippen molar-refractivity contribution in [1.29, 1.82) is 0 Å². The van der Waals surface area contributed by atoms with Gasteiger partial charge in [0.2, 0.25) is 12.3 Å². The fourth-order valence-electron chi connectivity index (χ4n) is 4.50. The molecule has 0 spiro atoms. The van der Waals surface area contributed by atoms with Gasteiger partial charge in [-0.1, -0.05) is 37.3 Å². The molecule has 0 bridgehead atoms. The maximum atomic E-state index is 13.4. The quantitative estimate of drug-likeness (QED) is 0.401. The summed E-state index contributed by atoms with van der Waals surface area (Å²) >= 11 is 7.46. The molecule has 2 fully saturated rings. The predicted molar refractivity (Wildman–Crippen MR) is 131 cm³/mol. The lowest BCUT2D eigenvalue weighted by atomic mass is 9.97. The summed E-state index contributed by atoms with van der Waals surface area (Å²) in [5.41, 5.74) is 1.62. The SMILES string of the molecule is Cc1ncc(Cl)cc1N[C@H](C)c1ccc(N(C=O)[C@@H](CC2CCCC2)C(=O)N[C@@H]2CC2(F)F)s1. The van der Waals surface area contributed by atoms with Crippen LogP contribution in [0.3, 0.4) is 0 Å². The number of hydrogen-bond donors (Lipinski definition) is 2. The molecule has 3 atom stereocenters. The topological polar surface area (TPSA) is 74.3 Å². The highest BCUT2D eigenvalue weighted by molar-refractivity contribution is 7.16. The molecule has 0 saturated heterocycles. The molecule has 2 aliphatic rings. The standard InChI is InChI=1S/C24H29ClF2N4O2S/c1-14-18(10-17(25)12-28-14)29-15(2)20-7-8-22(34-20)31(13-32)19(9-16-5-3-4-6-16)23(33)30-21-11-24(21,26)27/h7-8,10,12-13,15-16,19,21,29H,3-6,9,11H2,1-2H3,(H,30,33)/t15-,19+,21-/m1/s1. The van der Waals surface area contributed by atoms with Crippen molar-refractivity contribution >= 4 is 45.9 Å². The molecule has 2 aromatic rings. The fraction of sp³-hybridized carbons (Fsp3) is 0.542. The number of nitrogens with zero attached hydrogens (tertiary/aromatic N) is 2. The lowest BCUT2D eigenvalue weighted by Gasteiger charge is -2.28. The summed E-state index contributed by atoms with van der Waals surface area (Å²) in [6.45, 7) is 3.87. The van der Waals surface area contributed by atoms with Crippen LogP contribution < -0.4 is 15.5 Å². The van der Waals surface area contributed by atoms with E-state index in [1.807, 2.05) is 26.0 Å². The molecule has 0 aromatic carbocycles. The second kappa shape index (κ2) is 10.2. The van der Waals surface area contributed by atoms with E-state index in [4.69, 9.17) is 11.6 Å². The Labute approximate surface area is 207 Å². The van der Waals surface area contributed by atoms with E-state index < -0.39 is 23.9 Å². The Morgan fingerprint density at radius 1 is 1.38 bits per heavy atom. The van der Waals surface area contributed by atoms with Crippen molar-refractivity contribution in [3.8, 4) is 0 Å². The van der Waals surface area contributed by atoms with Gasteiger partial charge in [0.05, 0.1) is 33.5 Å². The molecule has 2 N–H and O–H groups in total. The van der Waals surface area contributed by atoms with Crippen LogP contribution in [0, 0.1) is 12.8 Å². The molecule has 184 valence electrons. The summed E-state index contributed by atoms with van der Waals surface area (Å²) in [6.07, 6.45) is 6.50. The Morgan fingerprint density at radius 2 is 2.09 bits per heavy atom. The molecule has 6 nitrogen and oxygen atoms in total. The van der Waals surface area contributed by atoms with Crippen molar-refractivity contribution in [2.75, 3.05) is 10.2 Å². The number of anilines is 2. The number of aryl methyl sites for hydroxylation is 1. The predicted octanol–water partition coefficient (Wildman–Crippen LogP) is 5.71. The minimum absolute atomic E-state index is 0.0986. The second-order valence-corrected chi connectivity index (χ2v) is 10.8. The zero-order valence-corrected chi connectivity index (χ0v) is 20.8. The van der Waals surface area contributed by atoms with Gasteiger partial charge in [-0.05, 0) is 44.4 Å². The zero-order valence-electron chi connectivity index (χ0n) is 19.2. The Balaban J connectivity index is 1.51. The zero-order chi connectivity index (χ0) is 24.5. The normalized spacial score (nSPS) is 21.0. The maximum Gasteiger partial charge on any atom is 0.270 e. The number of hydrogen-bond acceptors (Lipinski definition) is 5. The Hall–Kier alpha value is -2.26. The third kappa shape index (κ3) is 5.68. The van der Waals surface area contributed by atoms with Gasteiger partial charge in [-0.25, -0.2) is 8.78 Å². The smallest absolute Gasteiger partial charge is 0.270 e. The van der Waals surface area contributed by atoms with Gasteiger partial charge in [0, 0.05) is 17.5 Å². The Kier molecular flexibility index (Phi) is 7.42. The minimum atomic E-state index is -2.86. The van der Waals surface area contributed by atoms with Crippen LogP contribution in [0.15, 0.2) is 24.4 Å². The third-order valence-corrected chi connectivity index (χ3v) is 8.13. The van der Waals surface area contributed by atoms with Crippen LogP contribution in [0.5, 0.6) is 0 Å². The molecular weight excluding hydrogens is 482 g/mol. The van der Waals surface area contributed by atoms with Gasteiger partial charge in [0.25, 0.3) is 5.92 Å². The van der Waals surface area contributed by atoms with Crippen molar-refractivity contribution in [2.45, 2.75) is 76.4 Å². The average molecular weight is 511 g/mol. The Bertz CT molecular complexity index is 1040. The summed E-state index contributed by atoms with van der Waals surface area (Å²) in [5, 5.41) is 6.99. The minimum Gasteiger partial charge on any atom is -0.376 e. The number of nitrogens with one attached hydrogen (secondary N) is 2. The van der Waals surface area contributed by atoms with E-state index >= 15 is 0 Å². The van der Waals surface area contributed by atoms with Crippen molar-refractivity contribution in [3.63, 3.8) is 0 Å². The first kappa shape index (κ1) is 24.9. The second-order valence-electron chi connectivity index (χ2n) is 9.27. The van der Waals surface area contributed by atoms with Crippen LogP contribution in [-0.4, -0.2) is 35.3 Å². The summed E-state index contributed by atoms with van der Waals surface area (Å²) in [4.78, 5) is 31.8. The highest BCUT2D eigenvalue weighted by Crippen LogP contribution is 2.42. The number of carbonyl (C=O) groups excluding carboxylic acids is 2. The molecule has 10 heteroatoms. The van der Waals surface area contributed by atoms with Gasteiger partial charge in [-0.15, -0.1) is 11.3 Å². The first-order chi connectivity index (χ1) is 16.2. The molecule has 2 saturated carbocycles. The van der Waals surface area contributed by atoms with Crippen LogP contribution in [-0.2, 0) is 9.59 Å². The van der Waals surface area contributed by atoms with Gasteiger partial charge in [0.15, 0.2) is 0 Å². The monoisotopic (exact) mass is 510 g/mol. The first-order valence-corrected chi connectivity index (χ1v) is 12.8. The molecule has 2 aliphatic carbocycles. The fourth-order valence-corrected chi connectivity index (χ4v) is 5.68. The van der Waals surface area contributed by atoms with Crippen molar-refractivity contribution < 1.29 is 18.4 Å². The number of rotatable bonds is 10.